The van der Waals surface area contributed by atoms with Gasteiger partial charge >= 0.3 is 0 Å². The minimum absolute atomic E-state index is 0.123. The minimum atomic E-state index is -0.237. The monoisotopic (exact) mass is 341 g/mol. The summed E-state index contributed by atoms with van der Waals surface area (Å²) < 4.78 is 10.9. The van der Waals surface area contributed by atoms with E-state index >= 15 is 0 Å². The average Bonchev–Trinajstić information content (AvgIpc) is 2.63. The molecule has 6 heteroatoms. The number of amides is 1. The van der Waals surface area contributed by atoms with Gasteiger partial charge in [-0.3, -0.25) is 4.79 Å². The molecule has 0 aliphatic heterocycles. The Kier molecular flexibility index (Phi) is 7.31. The summed E-state index contributed by atoms with van der Waals surface area (Å²) in [6, 6.07) is 14.9. The number of hydrogen-bond donors (Lipinski definition) is 2. The van der Waals surface area contributed by atoms with Crippen LogP contribution in [0.4, 0.5) is 5.69 Å². The molecule has 1 amide bonds. The third-order valence-electron chi connectivity index (χ3n) is 3.23. The predicted molar refractivity (Wildman–Crippen MR) is 99.4 cm³/mol. The molecule has 2 N–H and O–H groups in total. The van der Waals surface area contributed by atoms with Crippen LogP contribution in [0.5, 0.6) is 11.5 Å². The first-order valence-corrected chi connectivity index (χ1v) is 8.23. The first kappa shape index (κ1) is 18.3. The number of nitrogens with one attached hydrogen (secondary N) is 2. The van der Waals surface area contributed by atoms with Crippen molar-refractivity contribution < 1.29 is 14.3 Å². The summed E-state index contributed by atoms with van der Waals surface area (Å²) in [5, 5.41) is 7.00. The van der Waals surface area contributed by atoms with Crippen LogP contribution < -0.4 is 20.2 Å². The third-order valence-corrected chi connectivity index (χ3v) is 3.23. The van der Waals surface area contributed by atoms with E-state index in [0.717, 1.165) is 22.7 Å². The third kappa shape index (κ3) is 6.18. The lowest BCUT2D eigenvalue weighted by Gasteiger charge is -2.07. The molecule has 0 saturated carbocycles. The van der Waals surface area contributed by atoms with Crippen LogP contribution >= 0.6 is 0 Å². The molecule has 25 heavy (non-hydrogen) atoms. The highest BCUT2D eigenvalue weighted by atomic mass is 16.5. The second kappa shape index (κ2) is 9.97. The molecule has 0 radical (unpaired) electrons. The van der Waals surface area contributed by atoms with Crippen LogP contribution in [0, 0.1) is 0 Å². The molecule has 0 aromatic heterocycles. The number of para-hydroxylation sites is 1. The smallest absolute Gasteiger partial charge is 0.259 e. The van der Waals surface area contributed by atoms with Crippen LogP contribution in [-0.4, -0.2) is 31.9 Å². The summed E-state index contributed by atoms with van der Waals surface area (Å²) in [4.78, 5) is 11.8. The van der Waals surface area contributed by atoms with E-state index in [4.69, 9.17) is 9.47 Å². The molecule has 0 unspecified atom stereocenters. The SMILES string of the molecule is CCOc1ccc(NCC(=O)N/N=C\c2ccccc2OCC)cc1. The van der Waals surface area contributed by atoms with E-state index in [1.54, 1.807) is 6.21 Å². The fraction of sp³-hybridized carbons (Fsp3) is 0.263. The molecule has 2 rings (SSSR count). The molecule has 0 heterocycles. The van der Waals surface area contributed by atoms with Crippen LogP contribution in [0.1, 0.15) is 19.4 Å². The lowest BCUT2D eigenvalue weighted by atomic mass is 10.2. The molecule has 0 aliphatic rings. The van der Waals surface area contributed by atoms with E-state index in [0.29, 0.717) is 13.2 Å². The van der Waals surface area contributed by atoms with Crippen molar-refractivity contribution in [3.05, 3.63) is 54.1 Å². The Morgan fingerprint density at radius 3 is 2.48 bits per heavy atom. The Labute approximate surface area is 147 Å². The topological polar surface area (TPSA) is 72.0 Å². The highest BCUT2D eigenvalue weighted by Gasteiger charge is 2.02. The van der Waals surface area contributed by atoms with Crippen molar-refractivity contribution >= 4 is 17.8 Å². The lowest BCUT2D eigenvalue weighted by molar-refractivity contribution is -0.119. The standard InChI is InChI=1S/C19H23N3O3/c1-3-24-17-11-9-16(10-12-17)20-14-19(23)22-21-13-15-7-5-6-8-18(15)25-4-2/h5-13,20H,3-4,14H2,1-2H3,(H,22,23)/b21-13-. The molecule has 0 saturated heterocycles. The maximum atomic E-state index is 11.8. The normalized spacial score (nSPS) is 10.5. The van der Waals surface area contributed by atoms with Crippen LogP contribution in [-0.2, 0) is 4.79 Å². The number of hydrazone groups is 1. The number of ether oxygens (including phenoxy) is 2. The number of anilines is 1. The number of carbonyl (C=O) groups is 1. The van der Waals surface area contributed by atoms with Crippen molar-refractivity contribution in [1.29, 1.82) is 0 Å². The molecular weight excluding hydrogens is 318 g/mol. The first-order chi connectivity index (χ1) is 12.2. The second-order valence-corrected chi connectivity index (χ2v) is 5.07. The Balaban J connectivity index is 1.80. The highest BCUT2D eigenvalue weighted by molar-refractivity contribution is 5.86. The molecule has 0 atom stereocenters. The summed E-state index contributed by atoms with van der Waals surface area (Å²) in [7, 11) is 0. The minimum Gasteiger partial charge on any atom is -0.494 e. The van der Waals surface area contributed by atoms with Gasteiger partial charge in [0.15, 0.2) is 0 Å². The van der Waals surface area contributed by atoms with Crippen LogP contribution in [0.3, 0.4) is 0 Å². The van der Waals surface area contributed by atoms with Crippen molar-refractivity contribution in [3.63, 3.8) is 0 Å². The van der Waals surface area contributed by atoms with Crippen molar-refractivity contribution in [2.24, 2.45) is 5.10 Å². The van der Waals surface area contributed by atoms with Crippen molar-refractivity contribution in [2.45, 2.75) is 13.8 Å². The summed E-state index contributed by atoms with van der Waals surface area (Å²) >= 11 is 0. The van der Waals surface area contributed by atoms with E-state index in [-0.39, 0.29) is 12.5 Å². The first-order valence-electron chi connectivity index (χ1n) is 8.23. The Bertz CT molecular complexity index is 699. The molecular formula is C19H23N3O3. The maximum Gasteiger partial charge on any atom is 0.259 e. The average molecular weight is 341 g/mol. The number of carbonyl (C=O) groups excluding carboxylic acids is 1. The zero-order valence-electron chi connectivity index (χ0n) is 14.5. The van der Waals surface area contributed by atoms with E-state index < -0.39 is 0 Å². The summed E-state index contributed by atoms with van der Waals surface area (Å²) in [6.45, 7) is 5.17. The van der Waals surface area contributed by atoms with E-state index in [1.165, 1.54) is 0 Å². The number of hydrogen-bond acceptors (Lipinski definition) is 5. The van der Waals surface area contributed by atoms with Crippen LogP contribution in [0.15, 0.2) is 53.6 Å². The molecule has 6 nitrogen and oxygen atoms in total. The molecule has 132 valence electrons. The predicted octanol–water partition coefficient (Wildman–Crippen LogP) is 3.05. The van der Waals surface area contributed by atoms with Gasteiger partial charge in [-0.25, -0.2) is 5.43 Å². The van der Waals surface area contributed by atoms with Gasteiger partial charge < -0.3 is 14.8 Å². The quantitative estimate of drug-likeness (QED) is 0.543. The molecule has 0 bridgehead atoms. The van der Waals surface area contributed by atoms with Crippen LogP contribution in [0.2, 0.25) is 0 Å². The summed E-state index contributed by atoms with van der Waals surface area (Å²) in [5.41, 5.74) is 4.14. The Hall–Kier alpha value is -3.02. The van der Waals surface area contributed by atoms with E-state index in [2.05, 4.69) is 15.8 Å². The van der Waals surface area contributed by atoms with Gasteiger partial charge in [-0.05, 0) is 50.2 Å². The van der Waals surface area contributed by atoms with Gasteiger partial charge in [0.25, 0.3) is 5.91 Å². The van der Waals surface area contributed by atoms with E-state index in [9.17, 15) is 4.79 Å². The number of benzene rings is 2. The summed E-state index contributed by atoms with van der Waals surface area (Å²) in [5.74, 6) is 1.30. The van der Waals surface area contributed by atoms with Gasteiger partial charge in [0, 0.05) is 11.3 Å². The largest absolute Gasteiger partial charge is 0.494 e. The van der Waals surface area contributed by atoms with Gasteiger partial charge in [-0.2, -0.15) is 5.10 Å². The van der Waals surface area contributed by atoms with Gasteiger partial charge in [-0.15, -0.1) is 0 Å². The molecule has 2 aromatic rings. The fourth-order valence-electron chi connectivity index (χ4n) is 2.11. The van der Waals surface area contributed by atoms with Crippen molar-refractivity contribution in [3.8, 4) is 11.5 Å². The second-order valence-electron chi connectivity index (χ2n) is 5.07. The fourth-order valence-corrected chi connectivity index (χ4v) is 2.11. The Morgan fingerprint density at radius 2 is 1.76 bits per heavy atom. The van der Waals surface area contributed by atoms with Gasteiger partial charge in [0.05, 0.1) is 26.0 Å². The molecule has 2 aromatic carbocycles. The number of nitrogens with zero attached hydrogens (tertiary/aromatic N) is 1. The number of rotatable bonds is 9. The summed E-state index contributed by atoms with van der Waals surface area (Å²) in [6.07, 6.45) is 1.57. The van der Waals surface area contributed by atoms with Gasteiger partial charge in [0.1, 0.15) is 11.5 Å². The molecule has 0 aliphatic carbocycles. The lowest BCUT2D eigenvalue weighted by Crippen LogP contribution is -2.25. The maximum absolute atomic E-state index is 11.8. The zero-order valence-corrected chi connectivity index (χ0v) is 14.5. The van der Waals surface area contributed by atoms with Crippen LogP contribution in [0.25, 0.3) is 0 Å². The van der Waals surface area contributed by atoms with Gasteiger partial charge in [0.2, 0.25) is 0 Å². The van der Waals surface area contributed by atoms with Gasteiger partial charge in [-0.1, -0.05) is 12.1 Å². The molecule has 0 spiro atoms. The highest BCUT2D eigenvalue weighted by Crippen LogP contribution is 2.16. The zero-order chi connectivity index (χ0) is 17.9. The van der Waals surface area contributed by atoms with Crippen molar-refractivity contribution in [2.75, 3.05) is 25.1 Å². The Morgan fingerprint density at radius 1 is 1.04 bits per heavy atom. The van der Waals surface area contributed by atoms with E-state index in [1.807, 2.05) is 62.4 Å². The molecule has 0 fully saturated rings. The van der Waals surface area contributed by atoms with Crippen molar-refractivity contribution in [1.82, 2.24) is 5.43 Å².